The molecule has 0 heteroatoms. The number of hydrogen-bond acceptors (Lipinski definition) is 0. The zero-order valence-corrected chi connectivity index (χ0v) is 8.32. The van der Waals surface area contributed by atoms with Crippen molar-refractivity contribution < 1.29 is 0 Å². The summed E-state index contributed by atoms with van der Waals surface area (Å²) >= 11 is 0. The summed E-state index contributed by atoms with van der Waals surface area (Å²) in [6.45, 7) is 6.68. The molecule has 0 aromatic carbocycles. The molecule has 0 aromatic rings. The van der Waals surface area contributed by atoms with E-state index in [1.54, 1.807) is 5.57 Å². The van der Waals surface area contributed by atoms with Crippen molar-refractivity contribution in [2.75, 3.05) is 0 Å². The van der Waals surface area contributed by atoms with Crippen LogP contribution in [-0.2, 0) is 0 Å². The third-order valence-electron chi connectivity index (χ3n) is 2.08. The van der Waals surface area contributed by atoms with Gasteiger partial charge in [-0.2, -0.15) is 0 Å². The first kappa shape index (κ1) is 10.7. The summed E-state index contributed by atoms with van der Waals surface area (Å²) in [4.78, 5) is 0. The minimum absolute atomic E-state index is 1.30. The van der Waals surface area contributed by atoms with Gasteiger partial charge in [0.25, 0.3) is 0 Å². The van der Waals surface area contributed by atoms with Crippen LogP contribution in [0.4, 0.5) is 0 Å². The Morgan fingerprint density at radius 3 is 2.18 bits per heavy atom. The molecule has 0 radical (unpaired) electrons. The minimum atomic E-state index is 1.30. The Labute approximate surface area is 71.7 Å². The molecule has 11 heavy (non-hydrogen) atoms. The van der Waals surface area contributed by atoms with Gasteiger partial charge < -0.3 is 0 Å². The maximum Gasteiger partial charge on any atom is -0.0320 e. The molecule has 0 N–H and O–H groups in total. The van der Waals surface area contributed by atoms with Gasteiger partial charge in [-0.25, -0.2) is 0 Å². The van der Waals surface area contributed by atoms with E-state index in [0.717, 1.165) is 0 Å². The van der Waals surface area contributed by atoms with Crippen LogP contribution in [-0.4, -0.2) is 0 Å². The van der Waals surface area contributed by atoms with E-state index in [1.807, 2.05) is 0 Å². The highest BCUT2D eigenvalue weighted by atomic mass is 14.0. The molecular formula is C11H22. The number of hydrogen-bond donors (Lipinski definition) is 0. The largest absolute Gasteiger partial charge is 0.0885 e. The van der Waals surface area contributed by atoms with Crippen molar-refractivity contribution >= 4 is 0 Å². The molecule has 0 nitrogen and oxygen atoms in total. The van der Waals surface area contributed by atoms with E-state index in [1.165, 1.54) is 38.5 Å². The van der Waals surface area contributed by atoms with Gasteiger partial charge in [-0.15, -0.1) is 0 Å². The minimum Gasteiger partial charge on any atom is -0.0885 e. The smallest absolute Gasteiger partial charge is 0.0320 e. The lowest BCUT2D eigenvalue weighted by molar-refractivity contribution is 0.690. The van der Waals surface area contributed by atoms with E-state index >= 15 is 0 Å². The molecule has 0 saturated carbocycles. The van der Waals surface area contributed by atoms with Gasteiger partial charge in [-0.05, 0) is 26.2 Å². The van der Waals surface area contributed by atoms with Gasteiger partial charge in [-0.1, -0.05) is 44.8 Å². The molecular weight excluding hydrogens is 132 g/mol. The molecule has 0 aliphatic heterocycles. The zero-order chi connectivity index (χ0) is 8.53. The fourth-order valence-corrected chi connectivity index (χ4v) is 1.34. The first-order chi connectivity index (χ1) is 5.35. The van der Waals surface area contributed by atoms with E-state index in [9.17, 15) is 0 Å². The van der Waals surface area contributed by atoms with E-state index in [0.29, 0.717) is 0 Å². The third kappa shape index (κ3) is 6.15. The third-order valence-corrected chi connectivity index (χ3v) is 2.08. The first-order valence-corrected chi connectivity index (χ1v) is 4.99. The van der Waals surface area contributed by atoms with Gasteiger partial charge in [0.1, 0.15) is 0 Å². The molecule has 0 bridgehead atoms. The fourth-order valence-electron chi connectivity index (χ4n) is 1.34. The summed E-state index contributed by atoms with van der Waals surface area (Å²) in [5, 5.41) is 0. The van der Waals surface area contributed by atoms with E-state index in [2.05, 4.69) is 26.8 Å². The second-order valence-electron chi connectivity index (χ2n) is 3.15. The molecule has 66 valence electrons. The topological polar surface area (TPSA) is 0 Å². The Bertz CT molecular complexity index is 101. The highest BCUT2D eigenvalue weighted by Crippen LogP contribution is 2.13. The molecule has 0 aliphatic rings. The Balaban J connectivity index is 3.37. The van der Waals surface area contributed by atoms with Crippen molar-refractivity contribution in [3.8, 4) is 0 Å². The highest BCUT2D eigenvalue weighted by molar-refractivity contribution is 4.99. The summed E-state index contributed by atoms with van der Waals surface area (Å²) in [5.41, 5.74) is 1.65. The molecule has 0 amide bonds. The van der Waals surface area contributed by atoms with Gasteiger partial charge in [0, 0.05) is 0 Å². The van der Waals surface area contributed by atoms with Crippen LogP contribution in [0.3, 0.4) is 0 Å². The zero-order valence-electron chi connectivity index (χ0n) is 8.32. The SMILES string of the molecule is CC=C(CCC)CCCCC. The maximum atomic E-state index is 2.29. The summed E-state index contributed by atoms with van der Waals surface area (Å²) in [6, 6.07) is 0. The van der Waals surface area contributed by atoms with E-state index < -0.39 is 0 Å². The molecule has 0 unspecified atom stereocenters. The normalized spacial score (nSPS) is 12.1. The van der Waals surface area contributed by atoms with Crippen LogP contribution >= 0.6 is 0 Å². The van der Waals surface area contributed by atoms with Gasteiger partial charge in [0.2, 0.25) is 0 Å². The number of unbranched alkanes of at least 4 members (excludes halogenated alkanes) is 2. The molecule has 0 atom stereocenters. The summed E-state index contributed by atoms with van der Waals surface area (Å²) in [5.74, 6) is 0. The van der Waals surface area contributed by atoms with Crippen molar-refractivity contribution in [1.82, 2.24) is 0 Å². The van der Waals surface area contributed by atoms with Crippen molar-refractivity contribution in [2.24, 2.45) is 0 Å². The predicted molar refractivity (Wildman–Crippen MR) is 52.8 cm³/mol. The quantitative estimate of drug-likeness (QED) is 0.395. The van der Waals surface area contributed by atoms with Gasteiger partial charge in [-0.3, -0.25) is 0 Å². The lowest BCUT2D eigenvalue weighted by Crippen LogP contribution is -1.83. The van der Waals surface area contributed by atoms with Gasteiger partial charge in [0.05, 0.1) is 0 Å². The summed E-state index contributed by atoms with van der Waals surface area (Å²) in [6.07, 6.45) is 10.3. The predicted octanol–water partition coefficient (Wildman–Crippen LogP) is 4.31. The highest BCUT2D eigenvalue weighted by Gasteiger charge is 1.93. The van der Waals surface area contributed by atoms with Crippen LogP contribution < -0.4 is 0 Å². The lowest BCUT2D eigenvalue weighted by Gasteiger charge is -2.03. The standard InChI is InChI=1S/C11H22/c1-4-7-8-10-11(6-3)9-5-2/h6H,4-5,7-10H2,1-3H3. The molecule has 0 heterocycles. The molecule has 0 aromatic heterocycles. The molecule has 0 rings (SSSR count). The Hall–Kier alpha value is -0.260. The van der Waals surface area contributed by atoms with E-state index in [-0.39, 0.29) is 0 Å². The monoisotopic (exact) mass is 154 g/mol. The second-order valence-corrected chi connectivity index (χ2v) is 3.15. The van der Waals surface area contributed by atoms with Crippen LogP contribution in [0.15, 0.2) is 11.6 Å². The Morgan fingerprint density at radius 2 is 1.73 bits per heavy atom. The van der Waals surface area contributed by atoms with Crippen LogP contribution in [0, 0.1) is 0 Å². The van der Waals surface area contributed by atoms with Gasteiger partial charge >= 0.3 is 0 Å². The van der Waals surface area contributed by atoms with Crippen LogP contribution in [0.2, 0.25) is 0 Å². The summed E-state index contributed by atoms with van der Waals surface area (Å²) in [7, 11) is 0. The molecule has 0 aliphatic carbocycles. The average molecular weight is 154 g/mol. The summed E-state index contributed by atoms with van der Waals surface area (Å²) < 4.78 is 0. The molecule has 0 spiro atoms. The Morgan fingerprint density at radius 1 is 1.00 bits per heavy atom. The maximum absolute atomic E-state index is 2.29. The fraction of sp³-hybridized carbons (Fsp3) is 0.818. The van der Waals surface area contributed by atoms with Crippen molar-refractivity contribution in [3.63, 3.8) is 0 Å². The lowest BCUT2D eigenvalue weighted by atomic mass is 10.0. The number of allylic oxidation sites excluding steroid dienone is 2. The Kier molecular flexibility index (Phi) is 7.66. The van der Waals surface area contributed by atoms with Crippen LogP contribution in [0.25, 0.3) is 0 Å². The van der Waals surface area contributed by atoms with Crippen LogP contribution in [0.1, 0.15) is 59.3 Å². The van der Waals surface area contributed by atoms with Crippen molar-refractivity contribution in [3.05, 3.63) is 11.6 Å². The van der Waals surface area contributed by atoms with E-state index in [4.69, 9.17) is 0 Å². The van der Waals surface area contributed by atoms with Crippen LogP contribution in [0.5, 0.6) is 0 Å². The second kappa shape index (κ2) is 7.84. The average Bonchev–Trinajstić information content (AvgIpc) is 2.03. The molecule has 0 saturated heterocycles. The first-order valence-electron chi connectivity index (χ1n) is 4.99. The number of rotatable bonds is 6. The van der Waals surface area contributed by atoms with Gasteiger partial charge in [0.15, 0.2) is 0 Å². The molecule has 0 fully saturated rings. The van der Waals surface area contributed by atoms with Crippen molar-refractivity contribution in [1.29, 1.82) is 0 Å². The van der Waals surface area contributed by atoms with Crippen molar-refractivity contribution in [2.45, 2.75) is 59.3 Å².